The van der Waals surface area contributed by atoms with E-state index < -0.39 is 40.5 Å². The average molecular weight is 421 g/mol. The quantitative estimate of drug-likeness (QED) is 0.665. The van der Waals surface area contributed by atoms with Crippen LogP contribution in [0.3, 0.4) is 0 Å². The Kier molecular flexibility index (Phi) is 5.63. The Balaban J connectivity index is 2.15. The molecule has 2 aromatic heterocycles. The van der Waals surface area contributed by atoms with Gasteiger partial charge in [0.05, 0.1) is 17.1 Å². The van der Waals surface area contributed by atoms with Gasteiger partial charge >= 0.3 is 6.18 Å². The van der Waals surface area contributed by atoms with Crippen molar-refractivity contribution in [2.45, 2.75) is 23.4 Å². The number of Topliss-reactive ketones (excluding diaryl/α,β-unsaturated/α-hetero) is 1. The molecule has 0 saturated heterocycles. The van der Waals surface area contributed by atoms with Crippen molar-refractivity contribution in [3.63, 3.8) is 0 Å². The fourth-order valence-corrected chi connectivity index (χ4v) is 4.78. The zero-order valence-corrected chi connectivity index (χ0v) is 14.8. The van der Waals surface area contributed by atoms with E-state index in [1.165, 1.54) is 12.1 Å². The van der Waals surface area contributed by atoms with Gasteiger partial charge in [-0.15, -0.1) is 11.3 Å². The van der Waals surface area contributed by atoms with E-state index in [0.29, 0.717) is 0 Å². The summed E-state index contributed by atoms with van der Waals surface area (Å²) in [4.78, 5) is 15.7. The SMILES string of the molecule is O=C(CS(=O)(=O)c1ccc(Cl)s1)c1ncn(CCC(F)(F)F)c1Cl. The predicted octanol–water partition coefficient (Wildman–Crippen LogP) is 3.86. The number of halogens is 5. The molecular weight excluding hydrogens is 412 g/mol. The Bertz CT molecular complexity index is 859. The number of sulfone groups is 1. The van der Waals surface area contributed by atoms with E-state index in [1.54, 1.807) is 0 Å². The van der Waals surface area contributed by atoms with Crippen LogP contribution in [-0.2, 0) is 16.4 Å². The van der Waals surface area contributed by atoms with Crippen LogP contribution in [0.5, 0.6) is 0 Å². The van der Waals surface area contributed by atoms with Crippen LogP contribution in [0, 0.1) is 0 Å². The first-order chi connectivity index (χ1) is 11.0. The number of aromatic nitrogens is 2. The zero-order valence-electron chi connectivity index (χ0n) is 11.7. The number of rotatable bonds is 6. The molecule has 0 aliphatic carbocycles. The predicted molar refractivity (Wildman–Crippen MR) is 83.6 cm³/mol. The van der Waals surface area contributed by atoms with Crippen LogP contribution in [0.15, 0.2) is 22.7 Å². The molecule has 0 bridgehead atoms. The Morgan fingerprint density at radius 1 is 1.29 bits per heavy atom. The van der Waals surface area contributed by atoms with Crippen LogP contribution < -0.4 is 0 Å². The van der Waals surface area contributed by atoms with Gasteiger partial charge in [-0.1, -0.05) is 23.2 Å². The molecule has 0 aliphatic rings. The summed E-state index contributed by atoms with van der Waals surface area (Å²) in [6.45, 7) is -0.518. The Hall–Kier alpha value is -1.10. The number of carbonyl (C=O) groups excluding carboxylic acids is 1. The molecule has 24 heavy (non-hydrogen) atoms. The van der Waals surface area contributed by atoms with Crippen LogP contribution in [0.1, 0.15) is 16.9 Å². The summed E-state index contributed by atoms with van der Waals surface area (Å²) in [5.74, 6) is -1.81. The van der Waals surface area contributed by atoms with Gasteiger partial charge in [-0.2, -0.15) is 13.2 Å². The normalized spacial score (nSPS) is 12.5. The lowest BCUT2D eigenvalue weighted by atomic mass is 10.3. The number of nitrogens with zero attached hydrogens (tertiary/aromatic N) is 2. The van der Waals surface area contributed by atoms with Gasteiger partial charge in [-0.05, 0) is 12.1 Å². The second-order valence-corrected chi connectivity index (χ2v) is 8.97. The molecule has 0 saturated carbocycles. The van der Waals surface area contributed by atoms with Crippen molar-refractivity contribution in [2.24, 2.45) is 0 Å². The summed E-state index contributed by atoms with van der Waals surface area (Å²) in [5.41, 5.74) is -0.384. The van der Waals surface area contributed by atoms with Gasteiger partial charge in [-0.3, -0.25) is 4.79 Å². The number of alkyl halides is 3. The van der Waals surface area contributed by atoms with Crippen molar-refractivity contribution < 1.29 is 26.4 Å². The lowest BCUT2D eigenvalue weighted by Crippen LogP contribution is -2.17. The van der Waals surface area contributed by atoms with Crippen LogP contribution in [0.4, 0.5) is 13.2 Å². The molecule has 0 fully saturated rings. The van der Waals surface area contributed by atoms with Crippen molar-refractivity contribution >= 4 is 50.2 Å². The molecule has 0 N–H and O–H groups in total. The van der Waals surface area contributed by atoms with Crippen LogP contribution >= 0.6 is 34.5 Å². The molecule has 0 unspecified atom stereocenters. The van der Waals surface area contributed by atoms with Gasteiger partial charge in [0.2, 0.25) is 0 Å². The highest BCUT2D eigenvalue weighted by atomic mass is 35.5. The largest absolute Gasteiger partial charge is 0.390 e. The third-order valence-corrected chi connectivity index (χ3v) is 6.68. The standard InChI is InChI=1S/C12H9Cl2F3N2O3S2/c13-8-1-2-9(23-8)24(21,22)5-7(20)10-11(14)19(6-18-10)4-3-12(15,16)17/h1-2,6H,3-5H2. The van der Waals surface area contributed by atoms with Crippen LogP contribution in [0.25, 0.3) is 0 Å². The Morgan fingerprint density at radius 2 is 1.96 bits per heavy atom. The van der Waals surface area contributed by atoms with Crippen molar-refractivity contribution in [3.8, 4) is 0 Å². The number of aryl methyl sites for hydroxylation is 1. The molecule has 12 heteroatoms. The molecule has 2 rings (SSSR count). The summed E-state index contributed by atoms with van der Waals surface area (Å²) in [7, 11) is -3.93. The molecule has 0 atom stereocenters. The number of hydrogen-bond donors (Lipinski definition) is 0. The van der Waals surface area contributed by atoms with E-state index in [9.17, 15) is 26.4 Å². The first-order valence-corrected chi connectivity index (χ1v) is 9.51. The van der Waals surface area contributed by atoms with Crippen molar-refractivity contribution in [3.05, 3.63) is 33.6 Å². The van der Waals surface area contributed by atoms with Gasteiger partial charge in [0, 0.05) is 6.54 Å². The molecule has 0 amide bonds. The summed E-state index contributed by atoms with van der Waals surface area (Å²) >= 11 is 12.3. The smallest absolute Gasteiger partial charge is 0.321 e. The fourth-order valence-electron chi connectivity index (χ4n) is 1.73. The molecule has 2 heterocycles. The van der Waals surface area contributed by atoms with E-state index >= 15 is 0 Å². The number of carbonyl (C=O) groups is 1. The highest BCUT2D eigenvalue weighted by Gasteiger charge is 2.29. The lowest BCUT2D eigenvalue weighted by Gasteiger charge is -2.07. The summed E-state index contributed by atoms with van der Waals surface area (Å²) in [6.07, 6.45) is -4.57. The third-order valence-electron chi connectivity index (χ3n) is 2.85. The molecule has 0 aromatic carbocycles. The summed E-state index contributed by atoms with van der Waals surface area (Å²) in [5, 5.41) is -0.330. The molecule has 5 nitrogen and oxygen atoms in total. The first-order valence-electron chi connectivity index (χ1n) is 6.28. The highest BCUT2D eigenvalue weighted by Crippen LogP contribution is 2.27. The molecule has 0 radical (unpaired) electrons. The van der Waals surface area contributed by atoms with Gasteiger partial charge in [-0.25, -0.2) is 13.4 Å². The average Bonchev–Trinajstić information content (AvgIpc) is 3.02. The topological polar surface area (TPSA) is 69.0 Å². The highest BCUT2D eigenvalue weighted by molar-refractivity contribution is 7.94. The van der Waals surface area contributed by atoms with E-state index in [4.69, 9.17) is 23.2 Å². The number of thiophene rings is 1. The first kappa shape index (κ1) is 19.2. The molecule has 132 valence electrons. The monoisotopic (exact) mass is 420 g/mol. The second-order valence-electron chi connectivity index (χ2n) is 4.68. The minimum absolute atomic E-state index is 0.0894. The number of ketones is 1. The maximum absolute atomic E-state index is 12.2. The minimum Gasteiger partial charge on any atom is -0.321 e. The van der Waals surface area contributed by atoms with Crippen LogP contribution in [0.2, 0.25) is 9.49 Å². The van der Waals surface area contributed by atoms with Gasteiger partial charge in [0.25, 0.3) is 0 Å². The minimum atomic E-state index is -4.39. The van der Waals surface area contributed by atoms with Crippen molar-refractivity contribution in [2.75, 3.05) is 5.75 Å². The fraction of sp³-hybridized carbons (Fsp3) is 0.333. The third kappa shape index (κ3) is 4.71. The van der Waals surface area contributed by atoms with Gasteiger partial charge in [0.15, 0.2) is 15.6 Å². The lowest BCUT2D eigenvalue weighted by molar-refractivity contribution is -0.136. The Morgan fingerprint density at radius 3 is 2.50 bits per heavy atom. The molecular formula is C12H9Cl2F3N2O3S2. The van der Waals surface area contributed by atoms with Crippen molar-refractivity contribution in [1.82, 2.24) is 9.55 Å². The van der Waals surface area contributed by atoms with Gasteiger partial charge < -0.3 is 4.57 Å². The second kappa shape index (κ2) is 7.03. The molecule has 0 spiro atoms. The van der Waals surface area contributed by atoms with Gasteiger partial charge in [0.1, 0.15) is 20.8 Å². The summed E-state index contributed by atoms with van der Waals surface area (Å²) in [6, 6.07) is 2.64. The number of hydrogen-bond acceptors (Lipinski definition) is 5. The summed E-state index contributed by atoms with van der Waals surface area (Å²) < 4.78 is 62.0. The van der Waals surface area contributed by atoms with Crippen molar-refractivity contribution in [1.29, 1.82) is 0 Å². The van der Waals surface area contributed by atoms with E-state index in [0.717, 1.165) is 22.2 Å². The van der Waals surface area contributed by atoms with E-state index in [1.807, 2.05) is 0 Å². The zero-order chi connectivity index (χ0) is 18.1. The maximum atomic E-state index is 12.2. The molecule has 2 aromatic rings. The van der Waals surface area contributed by atoms with E-state index in [-0.39, 0.29) is 19.4 Å². The maximum Gasteiger partial charge on any atom is 0.390 e. The van der Waals surface area contributed by atoms with E-state index in [2.05, 4.69) is 4.98 Å². The Labute approximate surface area is 148 Å². The molecule has 0 aliphatic heterocycles. The van der Waals surface area contributed by atoms with Crippen LogP contribution in [-0.4, -0.2) is 35.7 Å². The number of imidazole rings is 1.